The van der Waals surface area contributed by atoms with Gasteiger partial charge in [0, 0.05) is 5.56 Å². The van der Waals surface area contributed by atoms with Crippen LogP contribution < -0.4 is 4.74 Å². The maximum atomic E-state index is 5.54. The lowest BCUT2D eigenvalue weighted by molar-refractivity contribution is 0.362. The molecule has 0 radical (unpaired) electrons. The molecule has 15 heavy (non-hydrogen) atoms. The van der Waals surface area contributed by atoms with Crippen LogP contribution in [0, 0.1) is 0 Å². The van der Waals surface area contributed by atoms with Gasteiger partial charge in [-0.3, -0.25) is 0 Å². The van der Waals surface area contributed by atoms with Gasteiger partial charge in [-0.05, 0) is 18.6 Å². The Morgan fingerprint density at radius 1 is 1.40 bits per heavy atom. The third-order valence-corrected chi connectivity index (χ3v) is 1.96. The van der Waals surface area contributed by atoms with E-state index in [1.807, 2.05) is 43.3 Å². The Kier molecular flexibility index (Phi) is 4.42. The number of benzene rings is 1. The Hall–Kier alpha value is -1.76. The number of ether oxygens (including phenoxy) is 1. The van der Waals surface area contributed by atoms with Crippen LogP contribution >= 0.6 is 0 Å². The summed E-state index contributed by atoms with van der Waals surface area (Å²) < 4.78 is 5.54. The van der Waals surface area contributed by atoms with Crippen LogP contribution in [-0.4, -0.2) is 6.61 Å². The molecule has 0 bridgehead atoms. The van der Waals surface area contributed by atoms with Crippen LogP contribution in [0.1, 0.15) is 12.5 Å². The summed E-state index contributed by atoms with van der Waals surface area (Å²) in [6, 6.07) is 7.86. The van der Waals surface area contributed by atoms with E-state index in [0.29, 0.717) is 6.61 Å². The third kappa shape index (κ3) is 3.13. The molecule has 1 aromatic rings. The fourth-order valence-corrected chi connectivity index (χ4v) is 1.30. The highest BCUT2D eigenvalue weighted by Gasteiger charge is 2.03. The molecule has 0 N–H and O–H groups in total. The molecule has 0 aromatic heterocycles. The second-order valence-electron chi connectivity index (χ2n) is 3.12. The molecule has 0 saturated carbocycles. The Labute approximate surface area is 91.4 Å². The van der Waals surface area contributed by atoms with Crippen molar-refractivity contribution in [2.24, 2.45) is 0 Å². The van der Waals surface area contributed by atoms with Gasteiger partial charge in [0.05, 0.1) is 0 Å². The summed E-state index contributed by atoms with van der Waals surface area (Å²) in [6.45, 7) is 10.1. The molecule has 0 unspecified atom stereocenters. The Balaban J connectivity index is 2.94. The van der Waals surface area contributed by atoms with Crippen molar-refractivity contribution >= 4 is 5.57 Å². The summed E-state index contributed by atoms with van der Waals surface area (Å²) in [5.41, 5.74) is 1.98. The highest BCUT2D eigenvalue weighted by Crippen LogP contribution is 2.25. The lowest BCUT2D eigenvalue weighted by atomic mass is 10.1. The summed E-state index contributed by atoms with van der Waals surface area (Å²) in [7, 11) is 0. The zero-order valence-electron chi connectivity index (χ0n) is 9.07. The monoisotopic (exact) mass is 200 g/mol. The van der Waals surface area contributed by atoms with Gasteiger partial charge in [0.2, 0.25) is 0 Å². The fourth-order valence-electron chi connectivity index (χ4n) is 1.30. The molecule has 0 atom stereocenters. The molecule has 0 heterocycles. The first-order valence-electron chi connectivity index (χ1n) is 4.94. The van der Waals surface area contributed by atoms with Crippen molar-refractivity contribution in [3.05, 3.63) is 61.2 Å². The molecule has 1 rings (SSSR count). The molecule has 0 amide bonds. The molecule has 0 aliphatic rings. The second kappa shape index (κ2) is 5.86. The molecule has 1 nitrogen and oxygen atoms in total. The predicted octanol–water partition coefficient (Wildman–Crippen LogP) is 3.84. The Morgan fingerprint density at radius 3 is 2.80 bits per heavy atom. The van der Waals surface area contributed by atoms with Crippen molar-refractivity contribution in [1.29, 1.82) is 0 Å². The quantitative estimate of drug-likeness (QED) is 0.518. The molecule has 0 spiro atoms. The molecule has 0 aliphatic carbocycles. The van der Waals surface area contributed by atoms with Crippen molar-refractivity contribution in [2.75, 3.05) is 6.61 Å². The maximum absolute atomic E-state index is 5.54. The third-order valence-electron chi connectivity index (χ3n) is 1.96. The zero-order chi connectivity index (χ0) is 11.1. The summed E-state index contributed by atoms with van der Waals surface area (Å²) in [5.74, 6) is 0.848. The van der Waals surface area contributed by atoms with Crippen LogP contribution in [0.2, 0.25) is 0 Å². The van der Waals surface area contributed by atoms with E-state index in [0.717, 1.165) is 16.9 Å². The lowest BCUT2D eigenvalue weighted by Gasteiger charge is -2.09. The van der Waals surface area contributed by atoms with Gasteiger partial charge in [-0.2, -0.15) is 0 Å². The van der Waals surface area contributed by atoms with Crippen molar-refractivity contribution < 1.29 is 4.74 Å². The molecule has 0 saturated heterocycles. The van der Waals surface area contributed by atoms with Gasteiger partial charge < -0.3 is 4.74 Å². The van der Waals surface area contributed by atoms with E-state index >= 15 is 0 Å². The van der Waals surface area contributed by atoms with Crippen molar-refractivity contribution in [1.82, 2.24) is 0 Å². The van der Waals surface area contributed by atoms with E-state index in [9.17, 15) is 0 Å². The number of para-hydroxylation sites is 1. The second-order valence-corrected chi connectivity index (χ2v) is 3.12. The van der Waals surface area contributed by atoms with E-state index < -0.39 is 0 Å². The molecular formula is C14H16O. The van der Waals surface area contributed by atoms with Crippen LogP contribution in [0.5, 0.6) is 5.75 Å². The van der Waals surface area contributed by atoms with Crippen molar-refractivity contribution in [2.45, 2.75) is 6.92 Å². The first kappa shape index (κ1) is 11.3. The number of allylic oxidation sites excluding steroid dienone is 3. The summed E-state index contributed by atoms with van der Waals surface area (Å²) in [5, 5.41) is 0. The van der Waals surface area contributed by atoms with E-state index in [4.69, 9.17) is 4.74 Å². The van der Waals surface area contributed by atoms with Gasteiger partial charge in [0.15, 0.2) is 0 Å². The highest BCUT2D eigenvalue weighted by atomic mass is 16.5. The smallest absolute Gasteiger partial charge is 0.127 e. The van der Waals surface area contributed by atoms with Crippen LogP contribution in [0.4, 0.5) is 0 Å². The lowest BCUT2D eigenvalue weighted by Crippen LogP contribution is -1.95. The summed E-state index contributed by atoms with van der Waals surface area (Å²) in [4.78, 5) is 0. The maximum Gasteiger partial charge on any atom is 0.127 e. The summed E-state index contributed by atoms with van der Waals surface area (Å²) >= 11 is 0. The number of hydrogen-bond acceptors (Lipinski definition) is 1. The van der Waals surface area contributed by atoms with Crippen LogP contribution in [0.25, 0.3) is 5.57 Å². The van der Waals surface area contributed by atoms with Crippen LogP contribution in [0.15, 0.2) is 55.7 Å². The first-order valence-corrected chi connectivity index (χ1v) is 4.94. The average molecular weight is 200 g/mol. The number of hydrogen-bond donors (Lipinski definition) is 0. The van der Waals surface area contributed by atoms with E-state index in [-0.39, 0.29) is 0 Å². The van der Waals surface area contributed by atoms with Crippen LogP contribution in [0.3, 0.4) is 0 Å². The molecule has 0 aliphatic heterocycles. The zero-order valence-corrected chi connectivity index (χ0v) is 9.07. The molecule has 0 fully saturated rings. The minimum absolute atomic E-state index is 0.514. The predicted molar refractivity (Wildman–Crippen MR) is 66.0 cm³/mol. The average Bonchev–Trinajstić information content (AvgIpc) is 2.27. The molecular weight excluding hydrogens is 184 g/mol. The van der Waals surface area contributed by atoms with Gasteiger partial charge in [0.25, 0.3) is 0 Å². The van der Waals surface area contributed by atoms with Gasteiger partial charge in [-0.15, -0.1) is 0 Å². The molecule has 1 heteroatoms. The Morgan fingerprint density at radius 2 is 2.13 bits per heavy atom. The standard InChI is InChI=1S/C14H16O/c1-4-8-12(3)13-9-6-7-10-14(13)15-11-5-2/h4-10H,2-3,11H2,1H3. The minimum Gasteiger partial charge on any atom is -0.489 e. The highest BCUT2D eigenvalue weighted by molar-refractivity contribution is 5.75. The van der Waals surface area contributed by atoms with Gasteiger partial charge in [0.1, 0.15) is 12.4 Å². The normalized spacial score (nSPS) is 10.2. The van der Waals surface area contributed by atoms with E-state index in [1.54, 1.807) is 6.08 Å². The van der Waals surface area contributed by atoms with Gasteiger partial charge in [-0.1, -0.05) is 49.6 Å². The van der Waals surface area contributed by atoms with Crippen molar-refractivity contribution in [3.8, 4) is 5.75 Å². The minimum atomic E-state index is 0.514. The van der Waals surface area contributed by atoms with Gasteiger partial charge in [-0.25, -0.2) is 0 Å². The van der Waals surface area contributed by atoms with Gasteiger partial charge >= 0.3 is 0 Å². The molecule has 1 aromatic carbocycles. The van der Waals surface area contributed by atoms with Crippen molar-refractivity contribution in [3.63, 3.8) is 0 Å². The molecule has 78 valence electrons. The van der Waals surface area contributed by atoms with E-state index in [1.165, 1.54) is 0 Å². The Bertz CT molecular complexity index is 375. The summed E-state index contributed by atoms with van der Waals surface area (Å²) in [6.07, 6.45) is 5.66. The first-order chi connectivity index (χ1) is 7.29. The largest absolute Gasteiger partial charge is 0.489 e. The van der Waals surface area contributed by atoms with Crippen LogP contribution in [-0.2, 0) is 0 Å². The SMILES string of the molecule is C=CCOc1ccccc1C(=C)C=CC. The topological polar surface area (TPSA) is 9.23 Å². The number of rotatable bonds is 5. The fraction of sp³-hybridized carbons (Fsp3) is 0.143. The van der Waals surface area contributed by atoms with E-state index in [2.05, 4.69) is 13.2 Å².